The van der Waals surface area contributed by atoms with Crippen LogP contribution in [0.5, 0.6) is 0 Å². The van der Waals surface area contributed by atoms with Crippen LogP contribution in [0.15, 0.2) is 0 Å². The van der Waals surface area contributed by atoms with Gasteiger partial charge in [0.15, 0.2) is 0 Å². The van der Waals surface area contributed by atoms with E-state index in [1.165, 1.54) is 0 Å². The van der Waals surface area contributed by atoms with Crippen molar-refractivity contribution in [1.29, 1.82) is 0 Å². The van der Waals surface area contributed by atoms with Crippen LogP contribution in [0.4, 0.5) is 0 Å². The van der Waals surface area contributed by atoms with Crippen LogP contribution in [0.2, 0.25) is 0 Å². The molecule has 0 aliphatic carbocycles. The summed E-state index contributed by atoms with van der Waals surface area (Å²) < 4.78 is 27.4. The Bertz CT molecular complexity index is 310. The smallest absolute Gasteiger partial charge is 1.00 e. The third-order valence-corrected chi connectivity index (χ3v) is 8.55. The Labute approximate surface area is 128 Å². The van der Waals surface area contributed by atoms with Gasteiger partial charge in [0.05, 0.1) is 0 Å². The predicted molar refractivity (Wildman–Crippen MR) is 44.2 cm³/mol. The van der Waals surface area contributed by atoms with Crippen molar-refractivity contribution in [3.8, 4) is 0 Å². The van der Waals surface area contributed by atoms with Gasteiger partial charge in [0.1, 0.15) is 0 Å². The summed E-state index contributed by atoms with van der Waals surface area (Å²) >= 11 is 0. The predicted octanol–water partition coefficient (Wildman–Crippen LogP) is -4.79. The molecule has 0 aromatic carbocycles. The summed E-state index contributed by atoms with van der Waals surface area (Å²) in [7, 11) is -17.6. The SMILES string of the molecule is NC(P(=O)(O)O)(P(=O)(O)O)P(=O)(O)O.[H-].[K+]. The van der Waals surface area contributed by atoms with Crippen LogP contribution in [-0.4, -0.2) is 34.1 Å². The summed E-state index contributed by atoms with van der Waals surface area (Å²) in [4.78, 5) is 50.5. The van der Waals surface area contributed by atoms with Gasteiger partial charge in [-0.2, -0.15) is 0 Å². The zero-order valence-electron chi connectivity index (χ0n) is 8.33. The molecule has 0 spiro atoms. The summed E-state index contributed by atoms with van der Waals surface area (Å²) in [5.41, 5.74) is 4.44. The molecule has 10 nitrogen and oxygen atoms in total. The average Bonchev–Trinajstić information content (AvgIpc) is 1.77. The van der Waals surface area contributed by atoms with Crippen molar-refractivity contribution in [2.24, 2.45) is 5.73 Å². The third kappa shape index (κ3) is 3.75. The van der Waals surface area contributed by atoms with Crippen molar-refractivity contribution < 1.29 is 95.9 Å². The van der Waals surface area contributed by atoms with Crippen molar-refractivity contribution in [3.63, 3.8) is 0 Å². The van der Waals surface area contributed by atoms with Crippen molar-refractivity contribution in [2.45, 2.75) is 4.76 Å². The molecule has 0 saturated carbocycles. The van der Waals surface area contributed by atoms with Gasteiger partial charge < -0.3 is 30.8 Å². The number of hydrogen-bond donors (Lipinski definition) is 7. The molecule has 0 unspecified atom stereocenters. The Morgan fingerprint density at radius 3 is 0.933 bits per heavy atom. The molecule has 0 bridgehead atoms. The third-order valence-electron chi connectivity index (χ3n) is 1.29. The first kappa shape index (κ1) is 19.4. The monoisotopic (exact) mass is 311 g/mol. The molecule has 0 radical (unpaired) electrons. The van der Waals surface area contributed by atoms with E-state index >= 15 is 0 Å². The molecule has 0 aromatic rings. The second-order valence-corrected chi connectivity index (χ2v) is 8.76. The van der Waals surface area contributed by atoms with Crippen LogP contribution in [0.25, 0.3) is 0 Å². The number of hydrogen-bond acceptors (Lipinski definition) is 4. The largest absolute Gasteiger partial charge is 1.00 e. The molecule has 0 rings (SSSR count). The standard InChI is InChI=1S/CH8NO9P3.K.H/c2-1(12(3,4)5,13(6,7)8)14(9,10)11;;/h2H2,(H2,3,4,5)(H2,6,7,8)(H2,9,10,11);;/q;+1;-1. The molecule has 88 valence electrons. The Kier molecular flexibility index (Phi) is 6.92. The van der Waals surface area contributed by atoms with E-state index in [2.05, 4.69) is 5.73 Å². The maximum absolute atomic E-state index is 10.5. The van der Waals surface area contributed by atoms with Crippen LogP contribution in [0.3, 0.4) is 0 Å². The summed E-state index contributed by atoms with van der Waals surface area (Å²) in [6.07, 6.45) is 0. The van der Waals surface area contributed by atoms with Crippen molar-refractivity contribution in [2.75, 3.05) is 0 Å². The number of nitrogens with two attached hydrogens (primary N) is 1. The average molecular weight is 311 g/mol. The van der Waals surface area contributed by atoms with E-state index in [-0.39, 0.29) is 52.8 Å². The van der Waals surface area contributed by atoms with E-state index in [0.29, 0.717) is 0 Å². The van der Waals surface area contributed by atoms with Crippen LogP contribution >= 0.6 is 22.8 Å². The zero-order valence-corrected chi connectivity index (χ0v) is 13.1. The fourth-order valence-corrected chi connectivity index (χ4v) is 4.58. The molecule has 0 aliphatic rings. The molecule has 0 aromatic heterocycles. The summed E-state index contributed by atoms with van der Waals surface area (Å²) in [5.74, 6) is 0. The topological polar surface area (TPSA) is 199 Å². The van der Waals surface area contributed by atoms with Gasteiger partial charge in [0.2, 0.25) is 0 Å². The van der Waals surface area contributed by atoms with E-state index in [1.54, 1.807) is 0 Å². The fourth-order valence-electron chi connectivity index (χ4n) is 0.509. The molecule has 0 fully saturated rings. The van der Waals surface area contributed by atoms with Gasteiger partial charge in [0.25, 0.3) is 0 Å². The van der Waals surface area contributed by atoms with E-state index in [0.717, 1.165) is 0 Å². The Morgan fingerprint density at radius 1 is 0.800 bits per heavy atom. The molecule has 14 heteroatoms. The quantitative estimate of drug-likeness (QED) is 0.196. The maximum Gasteiger partial charge on any atom is 1.00 e. The van der Waals surface area contributed by atoms with Crippen LogP contribution < -0.4 is 57.1 Å². The molecule has 0 atom stereocenters. The molecular formula is CH9KNO9P3. The van der Waals surface area contributed by atoms with Crippen molar-refractivity contribution >= 4 is 22.8 Å². The maximum atomic E-state index is 10.5. The fraction of sp³-hybridized carbons (Fsp3) is 1.00. The molecule has 0 aliphatic heterocycles. The molecule has 15 heavy (non-hydrogen) atoms. The van der Waals surface area contributed by atoms with E-state index < -0.39 is 27.5 Å². The van der Waals surface area contributed by atoms with Gasteiger partial charge in [0, 0.05) is 0 Å². The first-order valence-corrected chi connectivity index (χ1v) is 7.54. The van der Waals surface area contributed by atoms with Gasteiger partial charge in [-0.3, -0.25) is 19.4 Å². The minimum absolute atomic E-state index is 0. The number of rotatable bonds is 3. The van der Waals surface area contributed by atoms with Gasteiger partial charge in [-0.15, -0.1) is 0 Å². The van der Waals surface area contributed by atoms with Crippen molar-refractivity contribution in [1.82, 2.24) is 0 Å². The van der Waals surface area contributed by atoms with Gasteiger partial charge in [-0.1, -0.05) is 0 Å². The van der Waals surface area contributed by atoms with E-state index in [1.807, 2.05) is 0 Å². The van der Waals surface area contributed by atoms with Gasteiger partial charge >= 0.3 is 78.9 Å². The summed E-state index contributed by atoms with van der Waals surface area (Å²) in [6, 6.07) is 0. The summed E-state index contributed by atoms with van der Waals surface area (Å²) in [5, 5.41) is 0. The van der Waals surface area contributed by atoms with Crippen molar-refractivity contribution in [3.05, 3.63) is 0 Å². The zero-order chi connectivity index (χ0) is 12.0. The normalized spacial score (nSPS) is 14.6. The first-order valence-electron chi connectivity index (χ1n) is 2.71. The van der Waals surface area contributed by atoms with Gasteiger partial charge in [-0.05, 0) is 0 Å². The van der Waals surface area contributed by atoms with Crippen LogP contribution in [-0.2, 0) is 13.7 Å². The second kappa shape index (κ2) is 5.35. The molecule has 0 amide bonds. The minimum atomic E-state index is -5.88. The molecule has 0 heterocycles. The Morgan fingerprint density at radius 2 is 0.933 bits per heavy atom. The van der Waals surface area contributed by atoms with Gasteiger partial charge in [-0.25, -0.2) is 0 Å². The Balaban J connectivity index is -0.000000845. The molecule has 8 N–H and O–H groups in total. The first-order chi connectivity index (χ1) is 5.75. The van der Waals surface area contributed by atoms with E-state index in [9.17, 15) is 13.7 Å². The minimum Gasteiger partial charge on any atom is -1.00 e. The molecule has 0 saturated heterocycles. The van der Waals surface area contributed by atoms with Crippen LogP contribution in [0, 0.1) is 0 Å². The molecular weight excluding hydrogens is 302 g/mol. The summed E-state index contributed by atoms with van der Waals surface area (Å²) in [6.45, 7) is 0. The Hall–Kier alpha value is 2.05. The van der Waals surface area contributed by atoms with E-state index in [4.69, 9.17) is 29.4 Å². The second-order valence-electron chi connectivity index (χ2n) is 2.32. The van der Waals surface area contributed by atoms with Crippen LogP contribution in [0.1, 0.15) is 1.43 Å².